The molecular formula is C12H25N3O2S. The zero-order chi connectivity index (χ0) is 13.2. The number of fused-ring (bicyclic) bond motifs is 2. The van der Waals surface area contributed by atoms with Gasteiger partial charge < -0.3 is 5.73 Å². The van der Waals surface area contributed by atoms with Gasteiger partial charge in [-0.25, -0.2) is 0 Å². The van der Waals surface area contributed by atoms with Gasteiger partial charge in [-0.05, 0) is 44.1 Å². The Hall–Kier alpha value is -0.170. The molecule has 0 aromatic heterocycles. The summed E-state index contributed by atoms with van der Waals surface area (Å²) in [4.78, 5) is 0. The Kier molecular flexibility index (Phi) is 4.64. The summed E-state index contributed by atoms with van der Waals surface area (Å²) in [6.45, 7) is 2.48. The molecule has 0 radical (unpaired) electrons. The van der Waals surface area contributed by atoms with E-state index in [0.717, 1.165) is 6.42 Å². The third-order valence-corrected chi connectivity index (χ3v) is 6.13. The quantitative estimate of drug-likeness (QED) is 0.800. The van der Waals surface area contributed by atoms with Crippen molar-refractivity contribution in [3.63, 3.8) is 0 Å². The molecule has 1 saturated heterocycles. The summed E-state index contributed by atoms with van der Waals surface area (Å²) < 4.78 is 28.0. The first-order valence-electron chi connectivity index (χ1n) is 6.95. The summed E-state index contributed by atoms with van der Waals surface area (Å²) in [6, 6.07) is 0. The van der Waals surface area contributed by atoms with Crippen molar-refractivity contribution in [3.05, 3.63) is 0 Å². The molecule has 0 spiro atoms. The largest absolute Gasteiger partial charge is 0.330 e. The van der Waals surface area contributed by atoms with Crippen LogP contribution in [0.2, 0.25) is 0 Å². The van der Waals surface area contributed by atoms with E-state index in [0.29, 0.717) is 38.0 Å². The van der Waals surface area contributed by atoms with Gasteiger partial charge in [0.05, 0.1) is 0 Å². The Morgan fingerprint density at radius 2 is 1.89 bits per heavy atom. The lowest BCUT2D eigenvalue weighted by molar-refractivity contribution is 0.139. The van der Waals surface area contributed by atoms with Gasteiger partial charge in [0.25, 0.3) is 10.2 Å². The fourth-order valence-corrected chi connectivity index (χ4v) is 4.75. The third-order valence-electron chi connectivity index (χ3n) is 4.21. The normalized spacial score (nSPS) is 29.7. The number of piperidine rings is 1. The van der Waals surface area contributed by atoms with Gasteiger partial charge in [-0.1, -0.05) is 6.42 Å². The molecule has 0 aromatic carbocycles. The summed E-state index contributed by atoms with van der Waals surface area (Å²) in [5.74, 6) is 1.16. The molecule has 6 heteroatoms. The zero-order valence-electron chi connectivity index (χ0n) is 11.2. The predicted octanol–water partition coefficient (Wildman–Crippen LogP) is 0.634. The van der Waals surface area contributed by atoms with E-state index in [-0.39, 0.29) is 0 Å². The van der Waals surface area contributed by atoms with E-state index in [4.69, 9.17) is 5.73 Å². The Labute approximate surface area is 110 Å². The van der Waals surface area contributed by atoms with E-state index < -0.39 is 10.2 Å². The van der Waals surface area contributed by atoms with Crippen LogP contribution in [-0.4, -0.2) is 50.3 Å². The van der Waals surface area contributed by atoms with Crippen molar-refractivity contribution in [1.29, 1.82) is 0 Å². The van der Waals surface area contributed by atoms with Crippen molar-refractivity contribution < 1.29 is 8.42 Å². The summed E-state index contributed by atoms with van der Waals surface area (Å²) in [7, 11) is -1.60. The van der Waals surface area contributed by atoms with E-state index in [1.807, 2.05) is 0 Å². The maximum absolute atomic E-state index is 12.4. The molecule has 2 rings (SSSR count). The molecule has 18 heavy (non-hydrogen) atoms. The van der Waals surface area contributed by atoms with Gasteiger partial charge in [0, 0.05) is 26.7 Å². The predicted molar refractivity (Wildman–Crippen MR) is 72.2 cm³/mol. The minimum atomic E-state index is -3.27. The fourth-order valence-electron chi connectivity index (χ4n) is 3.20. The molecule has 0 amide bonds. The van der Waals surface area contributed by atoms with Crippen molar-refractivity contribution in [1.82, 2.24) is 8.61 Å². The third kappa shape index (κ3) is 3.04. The average molecular weight is 275 g/mol. The Morgan fingerprint density at radius 1 is 1.28 bits per heavy atom. The first-order valence-corrected chi connectivity index (χ1v) is 8.35. The van der Waals surface area contributed by atoms with Crippen molar-refractivity contribution in [2.75, 3.05) is 33.2 Å². The highest BCUT2D eigenvalue weighted by Crippen LogP contribution is 2.35. The van der Waals surface area contributed by atoms with E-state index in [9.17, 15) is 8.42 Å². The van der Waals surface area contributed by atoms with Crippen molar-refractivity contribution >= 4 is 10.2 Å². The minimum absolute atomic E-state index is 0.519. The molecule has 106 valence electrons. The summed E-state index contributed by atoms with van der Waals surface area (Å²) >= 11 is 0. The molecular weight excluding hydrogens is 250 g/mol. The van der Waals surface area contributed by atoms with Crippen LogP contribution in [0.3, 0.4) is 0 Å². The van der Waals surface area contributed by atoms with Crippen LogP contribution in [0.1, 0.15) is 32.1 Å². The van der Waals surface area contributed by atoms with Gasteiger partial charge in [-0.15, -0.1) is 0 Å². The zero-order valence-corrected chi connectivity index (χ0v) is 12.0. The monoisotopic (exact) mass is 275 g/mol. The number of nitrogens with zero attached hydrogens (tertiary/aromatic N) is 2. The van der Waals surface area contributed by atoms with Gasteiger partial charge in [0.2, 0.25) is 0 Å². The van der Waals surface area contributed by atoms with Gasteiger partial charge in [0.15, 0.2) is 0 Å². The standard InChI is InChI=1S/C12H25N3O2S/c1-14(7-3-6-13)18(16,17)15-9-11-4-2-5-12(8-11)10-15/h11-12H,2-10,13H2,1H3. The molecule has 2 fully saturated rings. The van der Waals surface area contributed by atoms with Crippen LogP contribution in [0.4, 0.5) is 0 Å². The minimum Gasteiger partial charge on any atom is -0.330 e. The first kappa shape index (κ1) is 14.2. The second kappa shape index (κ2) is 5.86. The average Bonchev–Trinajstić information content (AvgIpc) is 2.35. The molecule has 2 atom stereocenters. The van der Waals surface area contributed by atoms with Crippen molar-refractivity contribution in [3.8, 4) is 0 Å². The molecule has 0 aromatic rings. The number of hydrogen-bond acceptors (Lipinski definition) is 3. The summed E-state index contributed by atoms with van der Waals surface area (Å²) in [5.41, 5.74) is 5.44. The maximum atomic E-state index is 12.4. The van der Waals surface area contributed by atoms with Crippen LogP contribution >= 0.6 is 0 Å². The second-order valence-corrected chi connectivity index (χ2v) is 7.72. The van der Waals surface area contributed by atoms with Crippen LogP contribution in [0.25, 0.3) is 0 Å². The highest BCUT2D eigenvalue weighted by Gasteiger charge is 2.37. The lowest BCUT2D eigenvalue weighted by Gasteiger charge is -2.41. The van der Waals surface area contributed by atoms with Crippen LogP contribution < -0.4 is 5.73 Å². The van der Waals surface area contributed by atoms with E-state index >= 15 is 0 Å². The summed E-state index contributed by atoms with van der Waals surface area (Å²) in [5, 5.41) is 0. The Morgan fingerprint density at radius 3 is 2.44 bits per heavy atom. The van der Waals surface area contributed by atoms with Crippen molar-refractivity contribution in [2.24, 2.45) is 17.6 Å². The fraction of sp³-hybridized carbons (Fsp3) is 1.00. The van der Waals surface area contributed by atoms with Crippen molar-refractivity contribution in [2.45, 2.75) is 32.1 Å². The van der Waals surface area contributed by atoms with Crippen LogP contribution in [0, 0.1) is 11.8 Å². The van der Waals surface area contributed by atoms with Crippen LogP contribution in [-0.2, 0) is 10.2 Å². The number of nitrogens with two attached hydrogens (primary N) is 1. The lowest BCUT2D eigenvalue weighted by atomic mass is 9.79. The molecule has 1 aliphatic heterocycles. The van der Waals surface area contributed by atoms with Gasteiger partial charge >= 0.3 is 0 Å². The highest BCUT2D eigenvalue weighted by atomic mass is 32.2. The topological polar surface area (TPSA) is 66.6 Å². The Bertz CT molecular complexity index is 360. The molecule has 2 bridgehead atoms. The smallest absolute Gasteiger partial charge is 0.281 e. The van der Waals surface area contributed by atoms with Crippen LogP contribution in [0.5, 0.6) is 0 Å². The molecule has 1 aliphatic carbocycles. The van der Waals surface area contributed by atoms with E-state index in [1.165, 1.54) is 30.0 Å². The SMILES string of the molecule is CN(CCCN)S(=O)(=O)N1CC2CCCC(C2)C1. The summed E-state index contributed by atoms with van der Waals surface area (Å²) in [6.07, 6.45) is 5.59. The van der Waals surface area contributed by atoms with E-state index in [1.54, 1.807) is 11.4 Å². The first-order chi connectivity index (χ1) is 8.54. The van der Waals surface area contributed by atoms with Gasteiger partial charge in [0.1, 0.15) is 0 Å². The Balaban J connectivity index is 2.01. The number of hydrogen-bond donors (Lipinski definition) is 1. The van der Waals surface area contributed by atoms with Crippen LogP contribution in [0.15, 0.2) is 0 Å². The van der Waals surface area contributed by atoms with Gasteiger partial charge in [-0.2, -0.15) is 17.0 Å². The molecule has 2 aliphatic rings. The lowest BCUT2D eigenvalue weighted by Crippen LogP contribution is -2.50. The van der Waals surface area contributed by atoms with E-state index in [2.05, 4.69) is 0 Å². The van der Waals surface area contributed by atoms with Gasteiger partial charge in [-0.3, -0.25) is 0 Å². The molecule has 2 unspecified atom stereocenters. The molecule has 5 nitrogen and oxygen atoms in total. The highest BCUT2D eigenvalue weighted by molar-refractivity contribution is 7.86. The number of rotatable bonds is 5. The molecule has 1 heterocycles. The second-order valence-electron chi connectivity index (χ2n) is 5.69. The maximum Gasteiger partial charge on any atom is 0.281 e. The molecule has 1 saturated carbocycles. The molecule has 2 N–H and O–H groups in total.